The second-order valence-corrected chi connectivity index (χ2v) is 13.9. The van der Waals surface area contributed by atoms with Gasteiger partial charge >= 0.3 is 17.3 Å². The molecule has 1 aliphatic carbocycles. The highest BCUT2D eigenvalue weighted by Gasteiger charge is 2.49. The number of phenols is 1. The van der Waals surface area contributed by atoms with E-state index in [4.69, 9.17) is 17.8 Å². The fraction of sp³-hybridized carbons (Fsp3) is 0.444. The number of benzene rings is 1. The number of carbonyl (C=O) groups is 6. The van der Waals surface area contributed by atoms with E-state index in [1.165, 1.54) is 32.9 Å². The number of ether oxygens (including phenoxy) is 2. The zero-order valence-corrected chi connectivity index (χ0v) is 30.2. The van der Waals surface area contributed by atoms with E-state index in [1.807, 2.05) is 13.8 Å². The number of aromatic hydroxyl groups is 1. The van der Waals surface area contributed by atoms with E-state index in [-0.39, 0.29) is 40.2 Å². The molecule has 0 radical (unpaired) electrons. The number of aldehydes is 1. The van der Waals surface area contributed by atoms with Crippen LogP contribution >= 0.6 is 0 Å². The first-order valence-corrected chi connectivity index (χ1v) is 17.2. The molecule has 2 heterocycles. The minimum atomic E-state index is -2.29. The Morgan fingerprint density at radius 1 is 1.04 bits per heavy atom. The molecule has 1 saturated heterocycles. The standard InChI is InChI=1S/C36H41NO13S/c1-16(13-10-14-38)30(47-22(7)39)20(5)32-21(6)31(49-51(46)50-32)17(2)11-9-12-18(3)35(44)37-23-15-24(40)25-26(29(23)42)28(41)19(4)33-27(25)34(43)36(8,45)48-33/h9-17,20-21,30-32,41,45H,1-8H3,(H,37,44)/b11-9+,13-10+,18-12-/t16-,17+,20+,21-,30-,31+,32+,36+,51?/m1/s1. The van der Waals surface area contributed by atoms with Gasteiger partial charge in [0.25, 0.3) is 11.7 Å². The Morgan fingerprint density at radius 3 is 2.31 bits per heavy atom. The molecular formula is C36H41NO13S. The average Bonchev–Trinajstić information content (AvgIpc) is 3.30. The molecule has 0 saturated carbocycles. The number of Topliss-reactive ketones (excluding diaryl/α,β-unsaturated/α-hetero) is 2. The van der Waals surface area contributed by atoms with Gasteiger partial charge in [0.2, 0.25) is 11.6 Å². The molecule has 1 unspecified atom stereocenters. The van der Waals surface area contributed by atoms with Crippen LogP contribution in [0.2, 0.25) is 0 Å². The summed E-state index contributed by atoms with van der Waals surface area (Å²) >= 11 is -2.12. The van der Waals surface area contributed by atoms with Gasteiger partial charge < -0.3 is 25.0 Å². The van der Waals surface area contributed by atoms with Crippen LogP contribution in [-0.4, -0.2) is 74.0 Å². The second-order valence-electron chi connectivity index (χ2n) is 13.1. The molecule has 0 bridgehead atoms. The van der Waals surface area contributed by atoms with Crippen LogP contribution in [0.3, 0.4) is 0 Å². The number of nitrogens with one attached hydrogen (secondary N) is 1. The summed E-state index contributed by atoms with van der Waals surface area (Å²) in [5, 5.41) is 23.5. The highest BCUT2D eigenvalue weighted by atomic mass is 32.2. The van der Waals surface area contributed by atoms with Gasteiger partial charge in [-0.25, -0.2) is 0 Å². The first-order chi connectivity index (χ1) is 23.8. The van der Waals surface area contributed by atoms with Crippen molar-refractivity contribution in [3.05, 3.63) is 70.0 Å². The second kappa shape index (κ2) is 15.4. The summed E-state index contributed by atoms with van der Waals surface area (Å²) in [7, 11) is 0. The van der Waals surface area contributed by atoms with Gasteiger partial charge in [0.1, 0.15) is 23.9 Å². The van der Waals surface area contributed by atoms with Crippen LogP contribution in [0, 0.1) is 30.6 Å². The van der Waals surface area contributed by atoms with Crippen LogP contribution in [0.25, 0.3) is 0 Å². The molecule has 1 amide bonds. The molecule has 1 aromatic carbocycles. The third-order valence-electron chi connectivity index (χ3n) is 9.25. The molecule has 4 rings (SSSR count). The fourth-order valence-corrected chi connectivity index (χ4v) is 7.62. The Morgan fingerprint density at radius 2 is 1.69 bits per heavy atom. The molecule has 15 heteroatoms. The number of aliphatic hydroxyl groups is 1. The Hall–Kier alpha value is -4.57. The molecule has 0 spiro atoms. The number of hydrogen-bond donors (Lipinski definition) is 3. The van der Waals surface area contributed by atoms with Crippen LogP contribution in [0.15, 0.2) is 47.7 Å². The number of amides is 1. The molecule has 1 fully saturated rings. The minimum Gasteiger partial charge on any atom is -0.507 e. The van der Waals surface area contributed by atoms with Gasteiger partial charge in [-0.3, -0.25) is 37.1 Å². The quantitative estimate of drug-likeness (QED) is 0.129. The van der Waals surface area contributed by atoms with E-state index < -0.39 is 93.2 Å². The number of allylic oxidation sites excluding steroid dienone is 5. The van der Waals surface area contributed by atoms with Crippen LogP contribution in [0.1, 0.15) is 85.1 Å². The van der Waals surface area contributed by atoms with Crippen molar-refractivity contribution in [3.63, 3.8) is 0 Å². The lowest BCUT2D eigenvalue weighted by Gasteiger charge is -2.41. The lowest BCUT2D eigenvalue weighted by atomic mass is 9.79. The van der Waals surface area contributed by atoms with Crippen molar-refractivity contribution in [2.45, 2.75) is 79.5 Å². The van der Waals surface area contributed by atoms with Crippen molar-refractivity contribution in [2.24, 2.45) is 23.7 Å². The highest BCUT2D eigenvalue weighted by Crippen LogP contribution is 2.46. The van der Waals surface area contributed by atoms with Gasteiger partial charge in [-0.15, -0.1) is 0 Å². The third-order valence-corrected chi connectivity index (χ3v) is 10.0. The summed E-state index contributed by atoms with van der Waals surface area (Å²) < 4.78 is 34.8. The van der Waals surface area contributed by atoms with Gasteiger partial charge in [0.05, 0.1) is 34.6 Å². The molecule has 9 atom stereocenters. The van der Waals surface area contributed by atoms with E-state index in [1.54, 1.807) is 32.1 Å². The molecule has 1 aromatic rings. The number of fused-ring (bicyclic) bond motifs is 3. The fourth-order valence-electron chi connectivity index (χ4n) is 6.51. The monoisotopic (exact) mass is 727 g/mol. The zero-order valence-electron chi connectivity index (χ0n) is 29.4. The topological polar surface area (TPSA) is 209 Å². The summed E-state index contributed by atoms with van der Waals surface area (Å²) in [6.07, 6.45) is 7.20. The number of ketones is 3. The summed E-state index contributed by atoms with van der Waals surface area (Å²) in [6.45, 7) is 12.4. The summed E-state index contributed by atoms with van der Waals surface area (Å²) in [4.78, 5) is 75.2. The SMILES string of the molecule is CC(=O)O[C@@H]([C@H](C)[C@@H]1OS(=O)O[C@@H]([C@@H](C)/C=C/C=C(/C)C(=O)NC2=CC(=O)c3c(c(O)c(C)c4c3C(=O)[C@@](C)(O)O4)C2=O)[C@H]1C)[C@H](C)/C=C/C=O. The maximum Gasteiger partial charge on any atom is 0.305 e. The molecule has 2 aliphatic heterocycles. The Kier molecular flexibility index (Phi) is 11.8. The first-order valence-electron chi connectivity index (χ1n) is 16.2. The van der Waals surface area contributed by atoms with Crippen LogP contribution in [-0.2, 0) is 38.8 Å². The third kappa shape index (κ3) is 7.86. The summed E-state index contributed by atoms with van der Waals surface area (Å²) in [6, 6.07) is 0. The number of esters is 1. The minimum absolute atomic E-state index is 0.0307. The Bertz CT molecular complexity index is 1820. The van der Waals surface area contributed by atoms with Crippen LogP contribution < -0.4 is 10.1 Å². The molecule has 0 aromatic heterocycles. The lowest BCUT2D eigenvalue weighted by Crippen LogP contribution is -2.50. The van der Waals surface area contributed by atoms with Gasteiger partial charge in [0.15, 0.2) is 5.78 Å². The van der Waals surface area contributed by atoms with Crippen molar-refractivity contribution in [1.82, 2.24) is 5.32 Å². The number of rotatable bonds is 11. The summed E-state index contributed by atoms with van der Waals surface area (Å²) in [5.74, 6) is -8.57. The predicted molar refractivity (Wildman–Crippen MR) is 182 cm³/mol. The molecule has 3 N–H and O–H groups in total. The van der Waals surface area contributed by atoms with Gasteiger partial charge in [0, 0.05) is 54.7 Å². The first kappa shape index (κ1) is 39.2. The van der Waals surface area contributed by atoms with Gasteiger partial charge in [-0.2, -0.15) is 4.21 Å². The van der Waals surface area contributed by atoms with Gasteiger partial charge in [-0.05, 0) is 19.9 Å². The van der Waals surface area contributed by atoms with Crippen molar-refractivity contribution in [1.29, 1.82) is 0 Å². The molecule has 14 nitrogen and oxygen atoms in total. The molecule has 51 heavy (non-hydrogen) atoms. The predicted octanol–water partition coefficient (Wildman–Crippen LogP) is 3.46. The molecule has 274 valence electrons. The lowest BCUT2D eigenvalue weighted by molar-refractivity contribution is -0.155. The van der Waals surface area contributed by atoms with E-state index in [9.17, 15) is 43.2 Å². The largest absolute Gasteiger partial charge is 0.507 e. The van der Waals surface area contributed by atoms with Crippen molar-refractivity contribution in [3.8, 4) is 11.5 Å². The smallest absolute Gasteiger partial charge is 0.305 e. The van der Waals surface area contributed by atoms with Crippen molar-refractivity contribution in [2.75, 3.05) is 0 Å². The van der Waals surface area contributed by atoms with Crippen LogP contribution in [0.4, 0.5) is 0 Å². The number of carbonyl (C=O) groups excluding carboxylic acids is 6. The van der Waals surface area contributed by atoms with E-state index in [0.717, 1.165) is 13.0 Å². The number of phenolic OH excluding ortho intramolecular Hbond substituents is 1. The number of hydrogen-bond acceptors (Lipinski definition) is 13. The zero-order chi connectivity index (χ0) is 38.1. The Balaban J connectivity index is 1.48. The van der Waals surface area contributed by atoms with E-state index >= 15 is 0 Å². The summed E-state index contributed by atoms with van der Waals surface area (Å²) in [5.41, 5.74) is -1.55. The van der Waals surface area contributed by atoms with E-state index in [2.05, 4.69) is 5.32 Å². The Labute approximate surface area is 297 Å². The maximum absolute atomic E-state index is 13.4. The van der Waals surface area contributed by atoms with Crippen molar-refractivity contribution < 1.29 is 61.0 Å². The van der Waals surface area contributed by atoms with E-state index in [0.29, 0.717) is 6.29 Å². The normalized spacial score (nSPS) is 27.3. The highest BCUT2D eigenvalue weighted by molar-refractivity contribution is 7.75. The van der Waals surface area contributed by atoms with Crippen LogP contribution in [0.5, 0.6) is 11.5 Å². The molecular weight excluding hydrogens is 686 g/mol. The average molecular weight is 728 g/mol. The van der Waals surface area contributed by atoms with Gasteiger partial charge in [-0.1, -0.05) is 52.0 Å². The van der Waals surface area contributed by atoms with Crippen molar-refractivity contribution >= 4 is 46.9 Å². The molecule has 3 aliphatic rings. The maximum atomic E-state index is 13.4.